The van der Waals surface area contributed by atoms with E-state index in [0.29, 0.717) is 23.2 Å². The number of hydrogen-bond donors (Lipinski definition) is 2. The van der Waals surface area contributed by atoms with Gasteiger partial charge in [-0.1, -0.05) is 36.4 Å². The lowest BCUT2D eigenvalue weighted by Gasteiger charge is -2.21. The largest absolute Gasteiger partial charge is 0.443 e. The molecule has 1 aromatic heterocycles. The summed E-state index contributed by atoms with van der Waals surface area (Å²) < 4.78 is 12.3. The number of carbonyl (C=O) groups is 2. The molecule has 3 rings (SSSR count). The minimum atomic E-state index is -0.686. The van der Waals surface area contributed by atoms with Crippen molar-refractivity contribution < 1.29 is 19.1 Å². The number of nitrogens with one attached hydrogen (secondary N) is 1. The van der Waals surface area contributed by atoms with Gasteiger partial charge in [-0.2, -0.15) is 0 Å². The number of nitrogens with zero attached hydrogens (tertiary/aromatic N) is 1. The fourth-order valence-corrected chi connectivity index (χ4v) is 2.86. The standard InChI is InChI=1S/C22H25N3O4/c1-22(2,3)29-21(27)25-18-11-7-10-17(23)16(18)12-19(25)24-20(26)14-28-13-15-8-5-4-6-9-15/h4-12H,13-14,23H2,1-3H3,(H,24,26). The molecule has 1 amide bonds. The second-order valence-corrected chi connectivity index (χ2v) is 7.65. The molecule has 0 unspecified atom stereocenters. The minimum absolute atomic E-state index is 0.153. The third-order valence-corrected chi connectivity index (χ3v) is 4.07. The fraction of sp³-hybridized carbons (Fsp3) is 0.273. The molecule has 0 fully saturated rings. The molecule has 0 aliphatic carbocycles. The van der Waals surface area contributed by atoms with Crippen LogP contribution in [-0.2, 0) is 20.9 Å². The van der Waals surface area contributed by atoms with Gasteiger partial charge in [0.2, 0.25) is 0 Å². The summed E-state index contributed by atoms with van der Waals surface area (Å²) in [6.07, 6.45) is -0.599. The maximum Gasteiger partial charge on any atom is 0.420 e. The summed E-state index contributed by atoms with van der Waals surface area (Å²) in [5.41, 5.74) is 7.38. The Morgan fingerprint density at radius 3 is 2.48 bits per heavy atom. The minimum Gasteiger partial charge on any atom is -0.443 e. The molecule has 29 heavy (non-hydrogen) atoms. The molecule has 2 aromatic carbocycles. The number of carbonyl (C=O) groups excluding carboxylic acids is 2. The molecule has 0 saturated heterocycles. The molecule has 7 heteroatoms. The highest BCUT2D eigenvalue weighted by atomic mass is 16.6. The normalized spacial score (nSPS) is 11.4. The number of anilines is 2. The lowest BCUT2D eigenvalue weighted by molar-refractivity contribution is -0.121. The number of hydrogen-bond acceptors (Lipinski definition) is 5. The first-order valence-electron chi connectivity index (χ1n) is 9.29. The van der Waals surface area contributed by atoms with Crippen molar-refractivity contribution in [3.63, 3.8) is 0 Å². The van der Waals surface area contributed by atoms with Crippen molar-refractivity contribution in [1.82, 2.24) is 4.57 Å². The van der Waals surface area contributed by atoms with Crippen LogP contribution >= 0.6 is 0 Å². The van der Waals surface area contributed by atoms with Gasteiger partial charge >= 0.3 is 6.09 Å². The van der Waals surface area contributed by atoms with E-state index in [1.54, 1.807) is 45.0 Å². The van der Waals surface area contributed by atoms with E-state index in [1.807, 2.05) is 30.3 Å². The average Bonchev–Trinajstić information content (AvgIpc) is 3.00. The Bertz CT molecular complexity index is 1020. The first kappa shape index (κ1) is 20.4. The van der Waals surface area contributed by atoms with E-state index in [4.69, 9.17) is 15.2 Å². The van der Waals surface area contributed by atoms with Gasteiger partial charge in [0.15, 0.2) is 0 Å². The third kappa shape index (κ3) is 5.14. The summed E-state index contributed by atoms with van der Waals surface area (Å²) in [6, 6.07) is 16.4. The SMILES string of the molecule is CC(C)(C)OC(=O)n1c(NC(=O)COCc2ccccc2)cc2c(N)cccc21. The molecule has 152 valence electrons. The van der Waals surface area contributed by atoms with Crippen LogP contribution in [-0.4, -0.2) is 28.8 Å². The molecule has 0 aliphatic rings. The van der Waals surface area contributed by atoms with E-state index in [2.05, 4.69) is 5.32 Å². The van der Waals surface area contributed by atoms with Crippen LogP contribution in [0.5, 0.6) is 0 Å². The molecule has 0 spiro atoms. The molecule has 1 heterocycles. The van der Waals surface area contributed by atoms with Crippen LogP contribution in [0, 0.1) is 0 Å². The number of aromatic nitrogens is 1. The maximum absolute atomic E-state index is 12.8. The van der Waals surface area contributed by atoms with Gasteiger partial charge in [0, 0.05) is 11.1 Å². The molecule has 3 aromatic rings. The van der Waals surface area contributed by atoms with Crippen molar-refractivity contribution in [3.8, 4) is 0 Å². The van der Waals surface area contributed by atoms with E-state index in [1.165, 1.54) is 4.57 Å². The van der Waals surface area contributed by atoms with Crippen LogP contribution in [0.1, 0.15) is 26.3 Å². The zero-order chi connectivity index (χ0) is 21.0. The molecule has 0 aliphatic heterocycles. The van der Waals surface area contributed by atoms with Crippen molar-refractivity contribution in [3.05, 3.63) is 60.2 Å². The van der Waals surface area contributed by atoms with Crippen LogP contribution in [0.25, 0.3) is 10.9 Å². The van der Waals surface area contributed by atoms with Gasteiger partial charge in [-0.25, -0.2) is 9.36 Å². The average molecular weight is 395 g/mol. The van der Waals surface area contributed by atoms with Gasteiger partial charge in [0.1, 0.15) is 18.0 Å². The summed E-state index contributed by atoms with van der Waals surface area (Å²) in [5.74, 6) is -0.104. The molecular formula is C22H25N3O4. The highest BCUT2D eigenvalue weighted by Gasteiger charge is 2.23. The monoisotopic (exact) mass is 395 g/mol. The predicted molar refractivity (Wildman–Crippen MR) is 113 cm³/mol. The number of ether oxygens (including phenoxy) is 2. The maximum atomic E-state index is 12.8. The van der Waals surface area contributed by atoms with Crippen LogP contribution in [0.15, 0.2) is 54.6 Å². The van der Waals surface area contributed by atoms with Crippen LogP contribution < -0.4 is 11.1 Å². The van der Waals surface area contributed by atoms with Gasteiger partial charge in [-0.3, -0.25) is 4.79 Å². The zero-order valence-electron chi connectivity index (χ0n) is 16.8. The third-order valence-electron chi connectivity index (χ3n) is 4.07. The van der Waals surface area contributed by atoms with Crippen LogP contribution in [0.2, 0.25) is 0 Å². The fourth-order valence-electron chi connectivity index (χ4n) is 2.86. The lowest BCUT2D eigenvalue weighted by Crippen LogP contribution is -2.29. The smallest absolute Gasteiger partial charge is 0.420 e. The van der Waals surface area contributed by atoms with E-state index >= 15 is 0 Å². The molecule has 0 saturated carbocycles. The number of amides is 1. The number of fused-ring (bicyclic) bond motifs is 1. The molecule has 3 N–H and O–H groups in total. The Morgan fingerprint density at radius 2 is 1.79 bits per heavy atom. The first-order valence-corrected chi connectivity index (χ1v) is 9.29. The Kier molecular flexibility index (Phi) is 5.89. The summed E-state index contributed by atoms with van der Waals surface area (Å²) in [6.45, 7) is 5.50. The van der Waals surface area contributed by atoms with Gasteiger partial charge < -0.3 is 20.5 Å². The predicted octanol–water partition coefficient (Wildman–Crippen LogP) is 4.16. The van der Waals surface area contributed by atoms with Crippen LogP contribution in [0.4, 0.5) is 16.3 Å². The Hall–Kier alpha value is -3.32. The highest BCUT2D eigenvalue weighted by molar-refractivity contribution is 6.03. The Morgan fingerprint density at radius 1 is 1.07 bits per heavy atom. The summed E-state index contributed by atoms with van der Waals surface area (Å²) in [4.78, 5) is 25.2. The number of nitrogen functional groups attached to an aromatic ring is 1. The van der Waals surface area contributed by atoms with Crippen molar-refractivity contribution in [1.29, 1.82) is 0 Å². The van der Waals surface area contributed by atoms with E-state index < -0.39 is 11.7 Å². The van der Waals surface area contributed by atoms with E-state index in [-0.39, 0.29) is 18.3 Å². The Labute approximate surface area is 169 Å². The molecule has 0 bridgehead atoms. The van der Waals surface area contributed by atoms with Crippen molar-refractivity contribution >= 4 is 34.4 Å². The van der Waals surface area contributed by atoms with E-state index in [9.17, 15) is 9.59 Å². The summed E-state index contributed by atoms with van der Waals surface area (Å²) >= 11 is 0. The number of benzene rings is 2. The zero-order valence-corrected chi connectivity index (χ0v) is 16.8. The van der Waals surface area contributed by atoms with Crippen molar-refractivity contribution in [2.45, 2.75) is 33.0 Å². The number of rotatable bonds is 5. The van der Waals surface area contributed by atoms with Crippen molar-refractivity contribution in [2.75, 3.05) is 17.7 Å². The van der Waals surface area contributed by atoms with Crippen molar-refractivity contribution in [2.24, 2.45) is 0 Å². The highest BCUT2D eigenvalue weighted by Crippen LogP contribution is 2.29. The summed E-state index contributed by atoms with van der Waals surface area (Å²) in [5, 5.41) is 3.37. The lowest BCUT2D eigenvalue weighted by atomic mass is 10.2. The van der Waals surface area contributed by atoms with Gasteiger partial charge in [0.05, 0.1) is 12.1 Å². The molecule has 7 nitrogen and oxygen atoms in total. The Balaban J connectivity index is 1.78. The first-order chi connectivity index (χ1) is 13.7. The van der Waals surface area contributed by atoms with Gasteiger partial charge in [-0.05, 0) is 44.5 Å². The summed E-state index contributed by atoms with van der Waals surface area (Å²) in [7, 11) is 0. The molecular weight excluding hydrogens is 370 g/mol. The van der Waals surface area contributed by atoms with Crippen LogP contribution in [0.3, 0.4) is 0 Å². The van der Waals surface area contributed by atoms with Gasteiger partial charge in [0.25, 0.3) is 5.91 Å². The second-order valence-electron chi connectivity index (χ2n) is 7.65. The molecule has 0 atom stereocenters. The topological polar surface area (TPSA) is 95.6 Å². The van der Waals surface area contributed by atoms with Gasteiger partial charge in [-0.15, -0.1) is 0 Å². The molecule has 0 radical (unpaired) electrons. The quantitative estimate of drug-likeness (QED) is 0.633. The second kappa shape index (κ2) is 8.36. The number of nitrogens with two attached hydrogens (primary N) is 1. The van der Waals surface area contributed by atoms with E-state index in [0.717, 1.165) is 5.56 Å².